The molecule has 1 fully saturated rings. The summed E-state index contributed by atoms with van der Waals surface area (Å²) in [6.45, 7) is 0.394. The Morgan fingerprint density at radius 2 is 1.73 bits per heavy atom. The molecule has 1 aliphatic carbocycles. The van der Waals surface area contributed by atoms with E-state index in [4.69, 9.17) is 18.7 Å². The molecule has 0 saturated heterocycles. The van der Waals surface area contributed by atoms with Crippen molar-refractivity contribution in [3.8, 4) is 28.6 Å². The van der Waals surface area contributed by atoms with Gasteiger partial charge in [-0.05, 0) is 37.1 Å². The summed E-state index contributed by atoms with van der Waals surface area (Å²) in [6.07, 6.45) is 1.48. The van der Waals surface area contributed by atoms with Gasteiger partial charge in [-0.2, -0.15) is 0 Å². The average Bonchev–Trinajstić information content (AvgIpc) is 3.46. The molecule has 1 N–H and O–H groups in total. The second kappa shape index (κ2) is 8.10. The minimum Gasteiger partial charge on any atom is -0.496 e. The number of rotatable bonds is 8. The van der Waals surface area contributed by atoms with Gasteiger partial charge >= 0.3 is 0 Å². The predicted octanol–water partition coefficient (Wildman–Crippen LogP) is 3.72. The zero-order valence-electron chi connectivity index (χ0n) is 17.2. The molecule has 1 amide bonds. The largest absolute Gasteiger partial charge is 0.496 e. The van der Waals surface area contributed by atoms with Crippen LogP contribution in [-0.2, 0) is 16.8 Å². The number of aromatic nitrogens is 1. The number of nitrogens with one attached hydrogen (secondary N) is 1. The second-order valence-electron chi connectivity index (χ2n) is 7.22. The van der Waals surface area contributed by atoms with E-state index in [2.05, 4.69) is 10.5 Å². The van der Waals surface area contributed by atoms with Gasteiger partial charge in [0.2, 0.25) is 5.91 Å². The molecule has 0 bridgehead atoms. The Bertz CT molecular complexity index is 1060. The van der Waals surface area contributed by atoms with E-state index in [0.29, 0.717) is 29.5 Å². The lowest BCUT2D eigenvalue weighted by atomic mass is 10.00. The van der Waals surface area contributed by atoms with E-state index in [1.54, 1.807) is 21.3 Å². The SMILES string of the molecule is COc1ccccc1CNC(=O)C1(c2cc(-c3ccc(OC)c(OC)c3)on2)CC1. The Hall–Kier alpha value is -3.48. The molecule has 0 unspecified atom stereocenters. The molecule has 1 heterocycles. The van der Waals surface area contributed by atoms with Crippen LogP contribution >= 0.6 is 0 Å². The molecule has 7 heteroatoms. The molecule has 3 aromatic rings. The number of benzene rings is 2. The first-order valence-corrected chi connectivity index (χ1v) is 9.71. The molecule has 1 aliphatic rings. The van der Waals surface area contributed by atoms with E-state index in [-0.39, 0.29) is 5.91 Å². The standard InChI is InChI=1S/C23H24N2O5/c1-27-17-7-5-4-6-16(17)14-24-22(26)23(10-11-23)21-13-19(30-25-21)15-8-9-18(28-2)20(12-15)29-3/h4-9,12-13H,10-11,14H2,1-3H3,(H,24,26). The Balaban J connectivity index is 1.51. The normalized spacial score (nSPS) is 14.1. The van der Waals surface area contributed by atoms with Crippen LogP contribution in [0.25, 0.3) is 11.3 Å². The fraction of sp³-hybridized carbons (Fsp3) is 0.304. The van der Waals surface area contributed by atoms with Crippen LogP contribution in [0, 0.1) is 0 Å². The summed E-state index contributed by atoms with van der Waals surface area (Å²) in [4.78, 5) is 13.0. The van der Waals surface area contributed by atoms with Crippen molar-refractivity contribution in [1.29, 1.82) is 0 Å². The molecule has 0 atom stereocenters. The molecule has 1 saturated carbocycles. The number of para-hydroxylation sites is 1. The molecule has 7 nitrogen and oxygen atoms in total. The quantitative estimate of drug-likeness (QED) is 0.612. The molecular weight excluding hydrogens is 384 g/mol. The van der Waals surface area contributed by atoms with Crippen molar-refractivity contribution in [1.82, 2.24) is 10.5 Å². The highest BCUT2D eigenvalue weighted by molar-refractivity contribution is 5.91. The third-order valence-corrected chi connectivity index (χ3v) is 5.49. The minimum atomic E-state index is -0.639. The summed E-state index contributed by atoms with van der Waals surface area (Å²) < 4.78 is 21.5. The molecular formula is C23H24N2O5. The summed E-state index contributed by atoms with van der Waals surface area (Å²) in [5.74, 6) is 2.51. The maximum atomic E-state index is 13.0. The third-order valence-electron chi connectivity index (χ3n) is 5.49. The maximum absolute atomic E-state index is 13.0. The number of ether oxygens (including phenoxy) is 3. The van der Waals surface area contributed by atoms with Crippen molar-refractivity contribution in [3.63, 3.8) is 0 Å². The molecule has 0 radical (unpaired) electrons. The van der Waals surface area contributed by atoms with Crippen LogP contribution in [0.3, 0.4) is 0 Å². The van der Waals surface area contributed by atoms with Crippen LogP contribution in [0.4, 0.5) is 0 Å². The van der Waals surface area contributed by atoms with Crippen LogP contribution < -0.4 is 19.5 Å². The van der Waals surface area contributed by atoms with Crippen molar-refractivity contribution in [3.05, 3.63) is 59.8 Å². The first-order chi connectivity index (χ1) is 14.6. The first-order valence-electron chi connectivity index (χ1n) is 9.71. The van der Waals surface area contributed by atoms with E-state index in [0.717, 1.165) is 29.7 Å². The third kappa shape index (κ3) is 3.58. The summed E-state index contributed by atoms with van der Waals surface area (Å²) in [5.41, 5.74) is 1.73. The van der Waals surface area contributed by atoms with Crippen molar-refractivity contribution in [2.75, 3.05) is 21.3 Å². The summed E-state index contributed by atoms with van der Waals surface area (Å²) in [6, 6.07) is 15.0. The van der Waals surface area contributed by atoms with Crippen molar-refractivity contribution >= 4 is 5.91 Å². The fourth-order valence-corrected chi connectivity index (χ4v) is 3.54. The molecule has 30 heavy (non-hydrogen) atoms. The lowest BCUT2D eigenvalue weighted by Crippen LogP contribution is -2.34. The molecule has 1 aromatic heterocycles. The smallest absolute Gasteiger partial charge is 0.232 e. The number of methoxy groups -OCH3 is 3. The van der Waals surface area contributed by atoms with E-state index in [1.165, 1.54) is 0 Å². The van der Waals surface area contributed by atoms with E-state index in [9.17, 15) is 4.79 Å². The Labute approximate surface area is 174 Å². The maximum Gasteiger partial charge on any atom is 0.232 e. The van der Waals surface area contributed by atoms with Crippen LogP contribution in [0.5, 0.6) is 17.2 Å². The zero-order valence-corrected chi connectivity index (χ0v) is 17.2. The van der Waals surface area contributed by atoms with Gasteiger partial charge in [0.25, 0.3) is 0 Å². The molecule has 4 rings (SSSR count). The molecule has 0 spiro atoms. The van der Waals surface area contributed by atoms with Gasteiger partial charge in [0.05, 0.1) is 32.4 Å². The summed E-state index contributed by atoms with van der Waals surface area (Å²) >= 11 is 0. The van der Waals surface area contributed by atoms with Gasteiger partial charge in [-0.25, -0.2) is 0 Å². The summed E-state index contributed by atoms with van der Waals surface area (Å²) in [5, 5.41) is 7.22. The van der Waals surface area contributed by atoms with Crippen molar-refractivity contribution in [2.45, 2.75) is 24.8 Å². The highest BCUT2D eigenvalue weighted by atomic mass is 16.5. The number of carbonyl (C=O) groups is 1. The minimum absolute atomic E-state index is 0.0550. The van der Waals surface area contributed by atoms with Crippen molar-refractivity contribution in [2.24, 2.45) is 0 Å². The van der Waals surface area contributed by atoms with Gasteiger partial charge in [0.1, 0.15) is 5.75 Å². The van der Waals surface area contributed by atoms with Gasteiger partial charge < -0.3 is 24.1 Å². The van der Waals surface area contributed by atoms with Crippen LogP contribution in [0.1, 0.15) is 24.1 Å². The number of amides is 1. The fourth-order valence-electron chi connectivity index (χ4n) is 3.54. The zero-order chi connectivity index (χ0) is 21.1. The van der Waals surface area contributed by atoms with E-state index in [1.807, 2.05) is 48.5 Å². The Morgan fingerprint density at radius 1 is 1.00 bits per heavy atom. The lowest BCUT2D eigenvalue weighted by molar-refractivity contribution is -0.123. The highest BCUT2D eigenvalue weighted by Gasteiger charge is 2.53. The Kier molecular flexibility index (Phi) is 5.35. The topological polar surface area (TPSA) is 82.8 Å². The van der Waals surface area contributed by atoms with E-state index < -0.39 is 5.41 Å². The van der Waals surface area contributed by atoms with Gasteiger partial charge in [0.15, 0.2) is 17.3 Å². The van der Waals surface area contributed by atoms with Crippen LogP contribution in [-0.4, -0.2) is 32.4 Å². The number of hydrogen-bond acceptors (Lipinski definition) is 6. The van der Waals surface area contributed by atoms with Crippen LogP contribution in [0.15, 0.2) is 53.1 Å². The Morgan fingerprint density at radius 3 is 2.43 bits per heavy atom. The lowest BCUT2D eigenvalue weighted by Gasteiger charge is -2.14. The predicted molar refractivity (Wildman–Crippen MR) is 111 cm³/mol. The van der Waals surface area contributed by atoms with Gasteiger partial charge in [-0.3, -0.25) is 4.79 Å². The second-order valence-corrected chi connectivity index (χ2v) is 7.22. The van der Waals surface area contributed by atoms with Gasteiger partial charge in [-0.15, -0.1) is 0 Å². The van der Waals surface area contributed by atoms with Crippen molar-refractivity contribution < 1.29 is 23.5 Å². The van der Waals surface area contributed by atoms with Crippen LogP contribution in [0.2, 0.25) is 0 Å². The van der Waals surface area contributed by atoms with Gasteiger partial charge in [-0.1, -0.05) is 23.4 Å². The number of hydrogen-bond donors (Lipinski definition) is 1. The molecule has 156 valence electrons. The molecule has 2 aromatic carbocycles. The molecule has 0 aliphatic heterocycles. The monoisotopic (exact) mass is 408 g/mol. The summed E-state index contributed by atoms with van der Waals surface area (Å²) in [7, 11) is 4.79. The first kappa shape index (κ1) is 19.8. The number of nitrogens with zero attached hydrogens (tertiary/aromatic N) is 1. The highest BCUT2D eigenvalue weighted by Crippen LogP contribution is 2.49. The van der Waals surface area contributed by atoms with E-state index >= 15 is 0 Å². The average molecular weight is 408 g/mol. The van der Waals surface area contributed by atoms with Gasteiger partial charge in [0, 0.05) is 23.7 Å². The number of carbonyl (C=O) groups excluding carboxylic acids is 1.